The summed E-state index contributed by atoms with van der Waals surface area (Å²) < 4.78 is 22.4. The number of halogens is 1. The van der Waals surface area contributed by atoms with Gasteiger partial charge in [0.1, 0.15) is 17.4 Å². The number of imidazole rings is 1. The molecule has 0 radical (unpaired) electrons. The zero-order valence-corrected chi connectivity index (χ0v) is 17.4. The molecule has 3 aromatic heterocycles. The van der Waals surface area contributed by atoms with Crippen molar-refractivity contribution >= 4 is 5.69 Å². The maximum absolute atomic E-state index is 13.5. The second-order valence-electron chi connectivity index (χ2n) is 8.04. The van der Waals surface area contributed by atoms with Gasteiger partial charge in [0.15, 0.2) is 6.23 Å². The van der Waals surface area contributed by atoms with Crippen LogP contribution in [0.3, 0.4) is 0 Å². The van der Waals surface area contributed by atoms with Crippen molar-refractivity contribution in [3.63, 3.8) is 0 Å². The van der Waals surface area contributed by atoms with E-state index in [2.05, 4.69) is 21.1 Å². The van der Waals surface area contributed by atoms with Gasteiger partial charge in [0, 0.05) is 31.5 Å². The number of ether oxygens (including phenoxy) is 1. The Bertz CT molecular complexity index is 1240. The molecule has 164 valence electrons. The van der Waals surface area contributed by atoms with Crippen LogP contribution >= 0.6 is 0 Å². The molecule has 9 nitrogen and oxygen atoms in total. The molecule has 0 amide bonds. The van der Waals surface area contributed by atoms with Crippen molar-refractivity contribution in [3.8, 4) is 6.07 Å². The lowest BCUT2D eigenvalue weighted by atomic mass is 10.1. The topological polar surface area (TPSA) is 102 Å². The number of fused-ring (bicyclic) bond motifs is 1. The van der Waals surface area contributed by atoms with E-state index in [0.29, 0.717) is 44.8 Å². The van der Waals surface area contributed by atoms with Gasteiger partial charge in [0.25, 0.3) is 5.56 Å². The molecule has 0 spiro atoms. The second kappa shape index (κ2) is 8.51. The maximum Gasteiger partial charge on any atom is 0.289 e. The van der Waals surface area contributed by atoms with Crippen LogP contribution in [-0.4, -0.2) is 37.5 Å². The predicted molar refractivity (Wildman–Crippen MR) is 112 cm³/mol. The Morgan fingerprint density at radius 2 is 2.19 bits per heavy atom. The fourth-order valence-corrected chi connectivity index (χ4v) is 4.38. The van der Waals surface area contributed by atoms with Gasteiger partial charge in [-0.25, -0.2) is 9.37 Å². The molecule has 2 aliphatic rings. The predicted octanol–water partition coefficient (Wildman–Crippen LogP) is 2.16. The molecular formula is C22H22FN7O2. The number of nitriles is 1. The third-order valence-corrected chi connectivity index (χ3v) is 5.97. The molecule has 0 N–H and O–H groups in total. The van der Waals surface area contributed by atoms with E-state index in [9.17, 15) is 14.4 Å². The molecule has 3 aromatic rings. The van der Waals surface area contributed by atoms with Crippen LogP contribution < -0.4 is 10.5 Å². The number of pyridine rings is 1. The zero-order chi connectivity index (χ0) is 22.1. The van der Waals surface area contributed by atoms with Gasteiger partial charge in [0.05, 0.1) is 43.2 Å². The van der Waals surface area contributed by atoms with Crippen molar-refractivity contribution in [3.05, 3.63) is 69.7 Å². The van der Waals surface area contributed by atoms with Crippen molar-refractivity contribution in [1.82, 2.24) is 24.3 Å². The van der Waals surface area contributed by atoms with Crippen LogP contribution in [0.2, 0.25) is 0 Å². The number of hydrogen-bond acceptors (Lipinski definition) is 7. The molecule has 0 aliphatic carbocycles. The van der Waals surface area contributed by atoms with Crippen molar-refractivity contribution < 1.29 is 9.13 Å². The van der Waals surface area contributed by atoms with Gasteiger partial charge >= 0.3 is 0 Å². The van der Waals surface area contributed by atoms with Crippen LogP contribution in [0.15, 0.2) is 35.8 Å². The minimum absolute atomic E-state index is 0.0721. The van der Waals surface area contributed by atoms with E-state index >= 15 is 0 Å². The summed E-state index contributed by atoms with van der Waals surface area (Å²) in [5.41, 5.74) is 2.84. The van der Waals surface area contributed by atoms with Crippen LogP contribution in [0.4, 0.5) is 10.1 Å². The van der Waals surface area contributed by atoms with Gasteiger partial charge in [-0.3, -0.25) is 9.78 Å². The quantitative estimate of drug-likeness (QED) is 0.619. The average molecular weight is 435 g/mol. The van der Waals surface area contributed by atoms with Crippen LogP contribution in [0.1, 0.15) is 48.0 Å². The molecule has 0 aromatic carbocycles. The summed E-state index contributed by atoms with van der Waals surface area (Å²) in [6, 6.07) is 3.53. The molecule has 0 bridgehead atoms. The lowest BCUT2D eigenvalue weighted by Crippen LogP contribution is -2.37. The van der Waals surface area contributed by atoms with Crippen LogP contribution in [0.25, 0.3) is 0 Å². The Hall–Kier alpha value is -3.58. The van der Waals surface area contributed by atoms with Gasteiger partial charge in [-0.15, -0.1) is 0 Å². The van der Waals surface area contributed by atoms with Crippen LogP contribution in [-0.2, 0) is 24.2 Å². The summed E-state index contributed by atoms with van der Waals surface area (Å²) in [6.45, 7) is 2.14. The van der Waals surface area contributed by atoms with E-state index in [-0.39, 0.29) is 11.4 Å². The van der Waals surface area contributed by atoms with Gasteiger partial charge in [-0.1, -0.05) is 0 Å². The van der Waals surface area contributed by atoms with Gasteiger partial charge in [-0.2, -0.15) is 15.0 Å². The standard InChI is InChI=1S/C22H22FN7O2/c23-16-7-15(9-25-10-16)12-29-14-26-18-13-28(5-4-19(18)29)20-11-27-30(22(31)17(20)8-24)21-3-1-2-6-32-21/h7,9-11,14,21H,1-6,12-13H2. The van der Waals surface area contributed by atoms with Crippen molar-refractivity contribution in [2.75, 3.05) is 18.1 Å². The number of hydrogen-bond donors (Lipinski definition) is 0. The lowest BCUT2D eigenvalue weighted by Gasteiger charge is -2.30. The van der Waals surface area contributed by atoms with Gasteiger partial charge in [0.2, 0.25) is 0 Å². The van der Waals surface area contributed by atoms with Crippen molar-refractivity contribution in [2.24, 2.45) is 0 Å². The second-order valence-corrected chi connectivity index (χ2v) is 8.04. The monoisotopic (exact) mass is 435 g/mol. The molecule has 2 aliphatic heterocycles. The van der Waals surface area contributed by atoms with E-state index in [1.807, 2.05) is 9.47 Å². The third-order valence-electron chi connectivity index (χ3n) is 5.97. The first-order valence-electron chi connectivity index (χ1n) is 10.6. The normalized spacial score (nSPS) is 18.2. The fraction of sp³-hybridized carbons (Fsp3) is 0.409. The summed E-state index contributed by atoms with van der Waals surface area (Å²) in [6.07, 6.45) is 9.04. The Kier molecular flexibility index (Phi) is 5.41. The molecule has 1 saturated heterocycles. The first-order chi connectivity index (χ1) is 15.6. The van der Waals surface area contributed by atoms with E-state index in [4.69, 9.17) is 4.74 Å². The highest BCUT2D eigenvalue weighted by atomic mass is 19.1. The number of nitrogens with zero attached hydrogens (tertiary/aromatic N) is 7. The minimum atomic E-state index is -0.424. The summed E-state index contributed by atoms with van der Waals surface area (Å²) in [5, 5.41) is 14.1. The smallest absolute Gasteiger partial charge is 0.289 e. The third kappa shape index (κ3) is 3.76. The molecule has 5 rings (SSSR count). The number of aromatic nitrogens is 5. The van der Waals surface area contributed by atoms with Crippen LogP contribution in [0.5, 0.6) is 0 Å². The zero-order valence-electron chi connectivity index (χ0n) is 17.4. The molecule has 1 atom stereocenters. The lowest BCUT2D eigenvalue weighted by molar-refractivity contribution is -0.0425. The van der Waals surface area contributed by atoms with E-state index in [1.165, 1.54) is 16.9 Å². The highest BCUT2D eigenvalue weighted by Gasteiger charge is 2.27. The average Bonchev–Trinajstić information content (AvgIpc) is 3.21. The number of anilines is 1. The Morgan fingerprint density at radius 1 is 1.28 bits per heavy atom. The Balaban J connectivity index is 1.39. The molecule has 10 heteroatoms. The number of rotatable bonds is 4. The summed E-state index contributed by atoms with van der Waals surface area (Å²) in [5.74, 6) is -0.368. The minimum Gasteiger partial charge on any atom is -0.363 e. The van der Waals surface area contributed by atoms with E-state index in [0.717, 1.165) is 29.8 Å². The molecular weight excluding hydrogens is 413 g/mol. The van der Waals surface area contributed by atoms with Crippen molar-refractivity contribution in [2.45, 2.75) is 45.0 Å². The molecule has 0 saturated carbocycles. The Morgan fingerprint density at radius 3 is 2.97 bits per heavy atom. The summed E-state index contributed by atoms with van der Waals surface area (Å²) in [7, 11) is 0. The SMILES string of the molecule is N#Cc1c(N2CCc3c(ncn3Cc3cncc(F)c3)C2)cnn(C2CCCCO2)c1=O. The molecule has 1 fully saturated rings. The Labute approximate surface area is 183 Å². The van der Waals surface area contributed by atoms with E-state index < -0.39 is 11.8 Å². The highest BCUT2D eigenvalue weighted by molar-refractivity contribution is 5.57. The summed E-state index contributed by atoms with van der Waals surface area (Å²) in [4.78, 5) is 23.3. The largest absolute Gasteiger partial charge is 0.363 e. The van der Waals surface area contributed by atoms with E-state index in [1.54, 1.807) is 18.7 Å². The van der Waals surface area contributed by atoms with Crippen molar-refractivity contribution in [1.29, 1.82) is 5.26 Å². The maximum atomic E-state index is 13.5. The summed E-state index contributed by atoms with van der Waals surface area (Å²) >= 11 is 0. The first-order valence-corrected chi connectivity index (χ1v) is 10.6. The molecule has 1 unspecified atom stereocenters. The highest BCUT2D eigenvalue weighted by Crippen LogP contribution is 2.26. The van der Waals surface area contributed by atoms with Gasteiger partial charge < -0.3 is 14.2 Å². The van der Waals surface area contributed by atoms with Crippen LogP contribution in [0, 0.1) is 17.1 Å². The van der Waals surface area contributed by atoms with Gasteiger partial charge in [-0.05, 0) is 30.9 Å². The molecule has 5 heterocycles. The molecule has 32 heavy (non-hydrogen) atoms. The first kappa shape index (κ1) is 20.3. The fourth-order valence-electron chi connectivity index (χ4n) is 4.38.